The Bertz CT molecular complexity index is 544. The van der Waals surface area contributed by atoms with E-state index in [0.717, 1.165) is 25.0 Å². The van der Waals surface area contributed by atoms with Gasteiger partial charge >= 0.3 is 5.69 Å². The lowest BCUT2D eigenvalue weighted by molar-refractivity contribution is -0.387. The molecule has 1 amide bonds. The molecule has 7 heteroatoms. The van der Waals surface area contributed by atoms with Crippen molar-refractivity contribution in [2.75, 3.05) is 6.54 Å². The zero-order chi connectivity index (χ0) is 14.2. The van der Waals surface area contributed by atoms with Crippen molar-refractivity contribution in [2.45, 2.75) is 25.8 Å². The smallest absolute Gasteiger partial charge is 0.305 e. The van der Waals surface area contributed by atoms with Crippen LogP contribution in [0.3, 0.4) is 0 Å². The van der Waals surface area contributed by atoms with Crippen LogP contribution < -0.4 is 0 Å². The fourth-order valence-corrected chi connectivity index (χ4v) is 1.98. The Balaban J connectivity index is 2.45. The molecule has 19 heavy (non-hydrogen) atoms. The van der Waals surface area contributed by atoms with Gasteiger partial charge in [-0.2, -0.15) is 4.39 Å². The first-order valence-electron chi connectivity index (χ1n) is 5.90. The first-order chi connectivity index (χ1) is 8.97. The van der Waals surface area contributed by atoms with Gasteiger partial charge in [-0.05, 0) is 25.8 Å². The minimum Gasteiger partial charge on any atom is -0.336 e. The number of hydrogen-bond donors (Lipinski definition) is 0. The van der Waals surface area contributed by atoms with Crippen molar-refractivity contribution < 1.29 is 18.5 Å². The van der Waals surface area contributed by atoms with Gasteiger partial charge in [0.15, 0.2) is 0 Å². The number of nitro groups is 1. The van der Waals surface area contributed by atoms with Crippen LogP contribution in [0.5, 0.6) is 0 Å². The standard InChI is InChI=1S/C12H12F2N2O3/c1-2-15(7-3-4-7)12(17)10-8(13)5-6-9(11(10)14)16(18)19/h5-7H,2-4H2,1H3. The lowest BCUT2D eigenvalue weighted by atomic mass is 10.1. The third kappa shape index (κ3) is 2.40. The van der Waals surface area contributed by atoms with E-state index < -0.39 is 33.7 Å². The highest BCUT2D eigenvalue weighted by molar-refractivity contribution is 5.95. The Morgan fingerprint density at radius 3 is 2.58 bits per heavy atom. The first-order valence-corrected chi connectivity index (χ1v) is 5.90. The van der Waals surface area contributed by atoms with Crippen molar-refractivity contribution >= 4 is 11.6 Å². The van der Waals surface area contributed by atoms with Crippen LogP contribution >= 0.6 is 0 Å². The number of rotatable bonds is 4. The number of halogens is 2. The van der Waals surface area contributed by atoms with Gasteiger partial charge in [0.2, 0.25) is 5.82 Å². The second-order valence-corrected chi connectivity index (χ2v) is 4.33. The molecule has 1 saturated carbocycles. The normalized spacial score (nSPS) is 14.3. The Hall–Kier alpha value is -2.05. The summed E-state index contributed by atoms with van der Waals surface area (Å²) in [5.74, 6) is -3.31. The van der Waals surface area contributed by atoms with E-state index >= 15 is 0 Å². The van der Waals surface area contributed by atoms with Crippen LogP contribution in [-0.4, -0.2) is 28.3 Å². The molecule has 0 saturated heterocycles. The zero-order valence-electron chi connectivity index (χ0n) is 10.2. The van der Waals surface area contributed by atoms with Crippen molar-refractivity contribution in [3.8, 4) is 0 Å². The van der Waals surface area contributed by atoms with Crippen molar-refractivity contribution in [1.82, 2.24) is 4.90 Å². The topological polar surface area (TPSA) is 63.5 Å². The number of nitro benzene ring substituents is 1. The van der Waals surface area contributed by atoms with Gasteiger partial charge in [-0.15, -0.1) is 0 Å². The number of benzene rings is 1. The summed E-state index contributed by atoms with van der Waals surface area (Å²) in [6.45, 7) is 2.01. The van der Waals surface area contributed by atoms with Crippen LogP contribution in [0.4, 0.5) is 14.5 Å². The Morgan fingerprint density at radius 2 is 2.11 bits per heavy atom. The third-order valence-electron chi connectivity index (χ3n) is 3.07. The summed E-state index contributed by atoms with van der Waals surface area (Å²) < 4.78 is 27.5. The molecule has 0 unspecified atom stereocenters. The molecule has 1 aromatic carbocycles. The van der Waals surface area contributed by atoms with Gasteiger partial charge in [0, 0.05) is 18.7 Å². The summed E-state index contributed by atoms with van der Waals surface area (Å²) in [4.78, 5) is 23.1. The van der Waals surface area contributed by atoms with Crippen LogP contribution in [0.1, 0.15) is 30.1 Å². The molecule has 0 aliphatic heterocycles. The summed E-state index contributed by atoms with van der Waals surface area (Å²) in [5.41, 5.74) is -1.74. The van der Waals surface area contributed by atoms with Gasteiger partial charge in [-0.25, -0.2) is 4.39 Å². The Labute approximate surface area is 108 Å². The first kappa shape index (κ1) is 13.4. The highest BCUT2D eigenvalue weighted by atomic mass is 19.1. The molecule has 1 aliphatic rings. The summed E-state index contributed by atoms with van der Waals surface area (Å²) >= 11 is 0. The van der Waals surface area contributed by atoms with E-state index in [9.17, 15) is 23.7 Å². The zero-order valence-corrected chi connectivity index (χ0v) is 10.2. The average molecular weight is 270 g/mol. The van der Waals surface area contributed by atoms with E-state index in [0.29, 0.717) is 6.54 Å². The molecular weight excluding hydrogens is 258 g/mol. The summed E-state index contributed by atoms with van der Waals surface area (Å²) in [7, 11) is 0. The van der Waals surface area contributed by atoms with Gasteiger partial charge in [-0.3, -0.25) is 14.9 Å². The molecule has 0 radical (unpaired) electrons. The number of carbonyl (C=O) groups excluding carboxylic acids is 1. The lowest BCUT2D eigenvalue weighted by Gasteiger charge is -2.20. The predicted molar refractivity (Wildman–Crippen MR) is 62.7 cm³/mol. The SMILES string of the molecule is CCN(C(=O)c1c(F)ccc([N+](=O)[O-])c1F)C1CC1. The lowest BCUT2D eigenvalue weighted by Crippen LogP contribution is -2.34. The molecule has 0 bridgehead atoms. The van der Waals surface area contributed by atoms with Gasteiger partial charge in [-0.1, -0.05) is 0 Å². The van der Waals surface area contributed by atoms with Gasteiger partial charge in [0.25, 0.3) is 5.91 Å². The van der Waals surface area contributed by atoms with E-state index in [1.54, 1.807) is 6.92 Å². The molecule has 102 valence electrons. The molecule has 1 aliphatic carbocycles. The highest BCUT2D eigenvalue weighted by Gasteiger charge is 2.36. The molecule has 5 nitrogen and oxygen atoms in total. The van der Waals surface area contributed by atoms with E-state index in [-0.39, 0.29) is 6.04 Å². The quantitative estimate of drug-likeness (QED) is 0.623. The molecule has 0 spiro atoms. The summed E-state index contributed by atoms with van der Waals surface area (Å²) in [6.07, 6.45) is 1.58. The molecule has 0 heterocycles. The number of nitrogens with zero attached hydrogens (tertiary/aromatic N) is 2. The minimum absolute atomic E-state index is 0.0180. The molecule has 2 rings (SSSR count). The average Bonchev–Trinajstić information content (AvgIpc) is 3.14. The van der Waals surface area contributed by atoms with E-state index in [2.05, 4.69) is 0 Å². The molecule has 0 N–H and O–H groups in total. The molecular formula is C12H12F2N2O3. The van der Waals surface area contributed by atoms with E-state index in [4.69, 9.17) is 0 Å². The number of amides is 1. The van der Waals surface area contributed by atoms with Gasteiger partial charge in [0.1, 0.15) is 11.4 Å². The Kier molecular flexibility index (Phi) is 3.46. The monoisotopic (exact) mass is 270 g/mol. The van der Waals surface area contributed by atoms with Crippen LogP contribution in [0.2, 0.25) is 0 Å². The fourth-order valence-electron chi connectivity index (χ4n) is 1.98. The largest absolute Gasteiger partial charge is 0.336 e. The minimum atomic E-state index is -1.41. The highest BCUT2D eigenvalue weighted by Crippen LogP contribution is 2.30. The van der Waals surface area contributed by atoms with Crippen LogP contribution in [0.25, 0.3) is 0 Å². The van der Waals surface area contributed by atoms with Crippen molar-refractivity contribution in [3.63, 3.8) is 0 Å². The fraction of sp³-hybridized carbons (Fsp3) is 0.417. The Morgan fingerprint density at radius 1 is 1.47 bits per heavy atom. The van der Waals surface area contributed by atoms with Gasteiger partial charge in [0.05, 0.1) is 4.92 Å². The molecule has 0 aromatic heterocycles. The molecule has 1 aromatic rings. The third-order valence-corrected chi connectivity index (χ3v) is 3.07. The van der Waals surface area contributed by atoms with E-state index in [1.807, 2.05) is 0 Å². The van der Waals surface area contributed by atoms with Crippen LogP contribution in [-0.2, 0) is 0 Å². The van der Waals surface area contributed by atoms with Gasteiger partial charge < -0.3 is 4.90 Å². The molecule has 1 fully saturated rings. The second kappa shape index (κ2) is 4.91. The van der Waals surface area contributed by atoms with Crippen LogP contribution in [0.15, 0.2) is 12.1 Å². The number of hydrogen-bond acceptors (Lipinski definition) is 3. The maximum atomic E-state index is 13.9. The predicted octanol–water partition coefficient (Wildman–Crippen LogP) is 2.50. The van der Waals surface area contributed by atoms with E-state index in [1.165, 1.54) is 4.90 Å². The summed E-state index contributed by atoms with van der Waals surface area (Å²) in [6, 6.07) is 1.44. The van der Waals surface area contributed by atoms with Crippen molar-refractivity contribution in [1.29, 1.82) is 0 Å². The van der Waals surface area contributed by atoms with Crippen molar-refractivity contribution in [3.05, 3.63) is 39.4 Å². The number of carbonyl (C=O) groups is 1. The maximum Gasteiger partial charge on any atom is 0.305 e. The van der Waals surface area contributed by atoms with Crippen molar-refractivity contribution in [2.24, 2.45) is 0 Å². The second-order valence-electron chi connectivity index (χ2n) is 4.33. The maximum absolute atomic E-state index is 13.9. The molecule has 0 atom stereocenters. The van der Waals surface area contributed by atoms with Crippen LogP contribution in [0, 0.1) is 21.7 Å². The summed E-state index contributed by atoms with van der Waals surface area (Å²) in [5, 5.41) is 10.6.